The molecule has 1 aromatic carbocycles. The number of halogens is 1. The number of nitrogens with zero attached hydrogens (tertiary/aromatic N) is 3. The maximum Gasteiger partial charge on any atom is 0.123 e. The van der Waals surface area contributed by atoms with E-state index >= 15 is 0 Å². The number of ether oxygens (including phenoxy) is 1. The Bertz CT molecular complexity index is 626. The first kappa shape index (κ1) is 14.2. The van der Waals surface area contributed by atoms with Crippen molar-refractivity contribution in [2.24, 2.45) is 7.05 Å². The van der Waals surface area contributed by atoms with Gasteiger partial charge in [-0.05, 0) is 17.7 Å². The van der Waals surface area contributed by atoms with Crippen molar-refractivity contribution in [1.82, 2.24) is 14.5 Å². The SMILES string of the molecule is COCC1CN(Cc2cccc(F)c2)Cc2ncn(C)c21. The van der Waals surface area contributed by atoms with Crippen molar-refractivity contribution in [2.45, 2.75) is 19.0 Å². The normalized spacial score (nSPS) is 18.7. The number of rotatable bonds is 4. The van der Waals surface area contributed by atoms with E-state index in [4.69, 9.17) is 4.74 Å². The van der Waals surface area contributed by atoms with Gasteiger partial charge in [-0.2, -0.15) is 0 Å². The Balaban J connectivity index is 1.80. The van der Waals surface area contributed by atoms with Gasteiger partial charge < -0.3 is 9.30 Å². The Kier molecular flexibility index (Phi) is 4.03. The molecule has 0 aliphatic carbocycles. The second kappa shape index (κ2) is 5.95. The molecular formula is C16H20FN3O. The Morgan fingerprint density at radius 1 is 1.43 bits per heavy atom. The van der Waals surface area contributed by atoms with E-state index in [1.807, 2.05) is 19.4 Å². The zero-order valence-electron chi connectivity index (χ0n) is 12.4. The van der Waals surface area contributed by atoms with Gasteiger partial charge >= 0.3 is 0 Å². The fraction of sp³-hybridized carbons (Fsp3) is 0.438. The molecule has 0 N–H and O–H groups in total. The maximum absolute atomic E-state index is 13.3. The largest absolute Gasteiger partial charge is 0.384 e. The maximum atomic E-state index is 13.3. The van der Waals surface area contributed by atoms with Gasteiger partial charge in [0.05, 0.1) is 18.6 Å². The molecule has 1 aliphatic heterocycles. The van der Waals surface area contributed by atoms with E-state index < -0.39 is 0 Å². The lowest BCUT2D eigenvalue weighted by molar-refractivity contribution is 0.132. The van der Waals surface area contributed by atoms with E-state index in [-0.39, 0.29) is 5.82 Å². The smallest absolute Gasteiger partial charge is 0.123 e. The summed E-state index contributed by atoms with van der Waals surface area (Å²) >= 11 is 0. The zero-order chi connectivity index (χ0) is 14.8. The van der Waals surface area contributed by atoms with Crippen LogP contribution in [0.15, 0.2) is 30.6 Å². The first-order chi connectivity index (χ1) is 10.2. The standard InChI is InChI=1S/C16H20FN3O/c1-19-11-18-15-9-20(8-13(10-21-2)16(15)19)7-12-4-3-5-14(17)6-12/h3-6,11,13H,7-10H2,1-2H3. The molecule has 112 valence electrons. The molecule has 1 atom stereocenters. The summed E-state index contributed by atoms with van der Waals surface area (Å²) in [4.78, 5) is 6.79. The summed E-state index contributed by atoms with van der Waals surface area (Å²) in [6.07, 6.45) is 1.86. The minimum Gasteiger partial charge on any atom is -0.384 e. The monoisotopic (exact) mass is 289 g/mol. The van der Waals surface area contributed by atoms with Gasteiger partial charge in [0.15, 0.2) is 0 Å². The van der Waals surface area contributed by atoms with Gasteiger partial charge in [0, 0.05) is 45.4 Å². The van der Waals surface area contributed by atoms with Crippen LogP contribution in [0.1, 0.15) is 22.9 Å². The van der Waals surface area contributed by atoms with Crippen molar-refractivity contribution in [2.75, 3.05) is 20.3 Å². The van der Waals surface area contributed by atoms with E-state index in [1.165, 1.54) is 11.8 Å². The quantitative estimate of drug-likeness (QED) is 0.865. The summed E-state index contributed by atoms with van der Waals surface area (Å²) in [7, 11) is 3.75. The third-order valence-corrected chi connectivity index (χ3v) is 3.96. The number of aryl methyl sites for hydroxylation is 1. The highest BCUT2D eigenvalue weighted by Gasteiger charge is 2.28. The molecule has 0 bridgehead atoms. The molecule has 0 spiro atoms. The van der Waals surface area contributed by atoms with Crippen LogP contribution in [0.3, 0.4) is 0 Å². The topological polar surface area (TPSA) is 30.3 Å². The molecule has 2 heterocycles. The molecular weight excluding hydrogens is 269 g/mol. The Labute approximate surface area is 124 Å². The molecule has 1 aromatic heterocycles. The average Bonchev–Trinajstić information content (AvgIpc) is 2.81. The summed E-state index contributed by atoms with van der Waals surface area (Å²) in [5.41, 5.74) is 3.35. The molecule has 4 nitrogen and oxygen atoms in total. The van der Waals surface area contributed by atoms with Crippen LogP contribution in [0.2, 0.25) is 0 Å². The van der Waals surface area contributed by atoms with Crippen LogP contribution in [-0.4, -0.2) is 34.7 Å². The molecule has 0 saturated carbocycles. The van der Waals surface area contributed by atoms with Crippen molar-refractivity contribution in [3.63, 3.8) is 0 Å². The van der Waals surface area contributed by atoms with Crippen LogP contribution in [0, 0.1) is 5.82 Å². The lowest BCUT2D eigenvalue weighted by atomic mass is 9.98. The summed E-state index contributed by atoms with van der Waals surface area (Å²) in [5.74, 6) is 0.122. The summed E-state index contributed by atoms with van der Waals surface area (Å²) < 4.78 is 20.7. The minimum absolute atomic E-state index is 0.184. The molecule has 0 radical (unpaired) electrons. The van der Waals surface area contributed by atoms with Crippen LogP contribution in [0.4, 0.5) is 4.39 Å². The lowest BCUT2D eigenvalue weighted by Crippen LogP contribution is -2.35. The van der Waals surface area contributed by atoms with Crippen molar-refractivity contribution >= 4 is 0 Å². The van der Waals surface area contributed by atoms with Gasteiger partial charge in [-0.25, -0.2) is 9.37 Å². The number of benzene rings is 1. The first-order valence-corrected chi connectivity index (χ1v) is 7.13. The fourth-order valence-electron chi connectivity index (χ4n) is 3.15. The van der Waals surface area contributed by atoms with Crippen LogP contribution < -0.4 is 0 Å². The molecule has 1 unspecified atom stereocenters. The van der Waals surface area contributed by atoms with E-state index in [0.29, 0.717) is 12.5 Å². The van der Waals surface area contributed by atoms with E-state index in [2.05, 4.69) is 14.5 Å². The predicted molar refractivity (Wildman–Crippen MR) is 78.3 cm³/mol. The number of aromatic nitrogens is 2. The van der Waals surface area contributed by atoms with Crippen LogP contribution in [-0.2, 0) is 24.9 Å². The summed E-state index contributed by atoms with van der Waals surface area (Å²) in [6.45, 7) is 3.10. The molecule has 1 aliphatic rings. The van der Waals surface area contributed by atoms with Crippen molar-refractivity contribution < 1.29 is 9.13 Å². The summed E-state index contributed by atoms with van der Waals surface area (Å²) in [6, 6.07) is 6.79. The van der Waals surface area contributed by atoms with Crippen molar-refractivity contribution in [3.05, 3.63) is 53.4 Å². The number of hydrogen-bond acceptors (Lipinski definition) is 3. The van der Waals surface area contributed by atoms with Gasteiger partial charge in [0.25, 0.3) is 0 Å². The highest BCUT2D eigenvalue weighted by Crippen LogP contribution is 2.28. The molecule has 0 fully saturated rings. The summed E-state index contributed by atoms with van der Waals surface area (Å²) in [5, 5.41) is 0. The Morgan fingerprint density at radius 3 is 3.05 bits per heavy atom. The van der Waals surface area contributed by atoms with E-state index in [0.717, 1.165) is 30.9 Å². The third-order valence-electron chi connectivity index (χ3n) is 3.96. The zero-order valence-corrected chi connectivity index (χ0v) is 12.4. The average molecular weight is 289 g/mol. The number of imidazole rings is 1. The van der Waals surface area contributed by atoms with Crippen molar-refractivity contribution in [3.8, 4) is 0 Å². The van der Waals surface area contributed by atoms with Crippen LogP contribution in [0.5, 0.6) is 0 Å². The fourth-order valence-corrected chi connectivity index (χ4v) is 3.15. The third kappa shape index (κ3) is 2.99. The highest BCUT2D eigenvalue weighted by atomic mass is 19.1. The predicted octanol–water partition coefficient (Wildman–Crippen LogP) is 2.31. The number of hydrogen-bond donors (Lipinski definition) is 0. The van der Waals surface area contributed by atoms with Crippen molar-refractivity contribution in [1.29, 1.82) is 0 Å². The minimum atomic E-state index is -0.184. The highest BCUT2D eigenvalue weighted by molar-refractivity contribution is 5.23. The van der Waals surface area contributed by atoms with E-state index in [9.17, 15) is 4.39 Å². The molecule has 21 heavy (non-hydrogen) atoms. The van der Waals surface area contributed by atoms with Gasteiger partial charge in [-0.1, -0.05) is 12.1 Å². The number of methoxy groups -OCH3 is 1. The van der Waals surface area contributed by atoms with Gasteiger partial charge in [-0.15, -0.1) is 0 Å². The Hall–Kier alpha value is -1.72. The molecule has 3 rings (SSSR count). The van der Waals surface area contributed by atoms with Gasteiger partial charge in [0.1, 0.15) is 5.82 Å². The first-order valence-electron chi connectivity index (χ1n) is 7.13. The molecule has 0 saturated heterocycles. The Morgan fingerprint density at radius 2 is 2.29 bits per heavy atom. The molecule has 2 aromatic rings. The number of fused-ring (bicyclic) bond motifs is 1. The molecule has 0 amide bonds. The molecule has 5 heteroatoms. The van der Waals surface area contributed by atoms with E-state index in [1.54, 1.807) is 19.2 Å². The van der Waals surface area contributed by atoms with Gasteiger partial charge in [0.2, 0.25) is 0 Å². The second-order valence-electron chi connectivity index (χ2n) is 5.64. The second-order valence-corrected chi connectivity index (χ2v) is 5.64. The lowest BCUT2D eigenvalue weighted by Gasteiger charge is -2.32. The van der Waals surface area contributed by atoms with Crippen LogP contribution >= 0.6 is 0 Å². The van der Waals surface area contributed by atoms with Crippen LogP contribution in [0.25, 0.3) is 0 Å². The van der Waals surface area contributed by atoms with Gasteiger partial charge in [-0.3, -0.25) is 4.90 Å².